The molecule has 0 saturated carbocycles. The first kappa shape index (κ1) is 17.0. The van der Waals surface area contributed by atoms with E-state index < -0.39 is 12.1 Å². The van der Waals surface area contributed by atoms with Crippen molar-refractivity contribution in [3.05, 3.63) is 59.4 Å². The molecular weight excluding hydrogens is 320 g/mol. The van der Waals surface area contributed by atoms with E-state index in [1.165, 1.54) is 23.3 Å². The second-order valence-corrected chi connectivity index (χ2v) is 6.12. The van der Waals surface area contributed by atoms with Gasteiger partial charge in [0.1, 0.15) is 18.5 Å². The summed E-state index contributed by atoms with van der Waals surface area (Å²) in [7, 11) is 0. The molecule has 0 aliphatic carbocycles. The van der Waals surface area contributed by atoms with Gasteiger partial charge in [-0.3, -0.25) is 0 Å². The molecule has 3 aromatic rings. The zero-order chi connectivity index (χ0) is 18.0. The monoisotopic (exact) mass is 340 g/mol. The summed E-state index contributed by atoms with van der Waals surface area (Å²) in [6.07, 6.45) is 0.963. The van der Waals surface area contributed by atoms with E-state index in [0.29, 0.717) is 12.3 Å². The highest BCUT2D eigenvalue weighted by Gasteiger charge is 2.11. The second kappa shape index (κ2) is 6.94. The van der Waals surface area contributed by atoms with Crippen molar-refractivity contribution < 1.29 is 19.7 Å². The minimum absolute atomic E-state index is 0.0631. The van der Waals surface area contributed by atoms with Crippen LogP contribution in [-0.4, -0.2) is 38.4 Å². The third-order valence-electron chi connectivity index (χ3n) is 4.17. The molecule has 3 rings (SSSR count). The predicted octanol–water partition coefficient (Wildman–Crippen LogP) is 2.79. The van der Waals surface area contributed by atoms with E-state index in [2.05, 4.69) is 11.1 Å². The summed E-state index contributed by atoms with van der Waals surface area (Å²) in [5, 5.41) is 19.2. The summed E-state index contributed by atoms with van der Waals surface area (Å²) in [5.41, 5.74) is 4.37. The third kappa shape index (κ3) is 3.80. The number of aliphatic hydroxyl groups is 1. The molecule has 130 valence electrons. The van der Waals surface area contributed by atoms with Gasteiger partial charge in [0.15, 0.2) is 0 Å². The number of carboxylic acid groups (broad SMARTS) is 1. The van der Waals surface area contributed by atoms with Crippen molar-refractivity contribution in [3.63, 3.8) is 0 Å². The molecule has 6 heteroatoms. The summed E-state index contributed by atoms with van der Waals surface area (Å²) < 4.78 is 7.41. The van der Waals surface area contributed by atoms with Gasteiger partial charge in [0.05, 0.1) is 29.5 Å². The van der Waals surface area contributed by atoms with Crippen molar-refractivity contribution in [1.82, 2.24) is 9.55 Å². The number of benzene rings is 2. The maximum Gasteiger partial charge on any atom is 0.335 e. The fourth-order valence-corrected chi connectivity index (χ4v) is 2.65. The fourth-order valence-electron chi connectivity index (χ4n) is 2.65. The van der Waals surface area contributed by atoms with E-state index in [-0.39, 0.29) is 12.2 Å². The first-order valence-corrected chi connectivity index (χ1v) is 8.00. The van der Waals surface area contributed by atoms with Gasteiger partial charge in [0, 0.05) is 0 Å². The number of fused-ring (bicyclic) bond motifs is 1. The highest BCUT2D eigenvalue weighted by Crippen LogP contribution is 2.19. The molecular formula is C19H20N2O4. The number of aromatic nitrogens is 2. The molecule has 0 aliphatic rings. The Morgan fingerprint density at radius 3 is 2.76 bits per heavy atom. The summed E-state index contributed by atoms with van der Waals surface area (Å²) in [4.78, 5) is 15.3. The first-order chi connectivity index (χ1) is 11.9. The van der Waals surface area contributed by atoms with Crippen molar-refractivity contribution in [2.75, 3.05) is 6.61 Å². The SMILES string of the molecule is Cc1cc2ncn(C[C@H](O)COc3cccc(C(=O)O)c3)c2cc1C. The number of aryl methyl sites for hydroxylation is 2. The van der Waals surface area contributed by atoms with Crippen LogP contribution in [0.1, 0.15) is 21.5 Å². The van der Waals surface area contributed by atoms with E-state index in [1.54, 1.807) is 18.5 Å². The van der Waals surface area contributed by atoms with Crippen molar-refractivity contribution in [1.29, 1.82) is 0 Å². The zero-order valence-electron chi connectivity index (χ0n) is 14.1. The van der Waals surface area contributed by atoms with Crippen LogP contribution in [0, 0.1) is 13.8 Å². The normalized spacial score (nSPS) is 12.3. The Morgan fingerprint density at radius 2 is 2.00 bits per heavy atom. The van der Waals surface area contributed by atoms with Crippen LogP contribution in [0.25, 0.3) is 11.0 Å². The number of aliphatic hydroxyl groups excluding tert-OH is 1. The number of ether oxygens (including phenoxy) is 1. The Labute approximate surface area is 145 Å². The number of carbonyl (C=O) groups is 1. The molecule has 0 unspecified atom stereocenters. The molecule has 0 aliphatic heterocycles. The van der Waals surface area contributed by atoms with Gasteiger partial charge < -0.3 is 19.5 Å². The number of imidazole rings is 1. The highest BCUT2D eigenvalue weighted by molar-refractivity contribution is 5.88. The van der Waals surface area contributed by atoms with Gasteiger partial charge in [-0.1, -0.05) is 6.07 Å². The molecule has 2 N–H and O–H groups in total. The number of rotatable bonds is 6. The summed E-state index contributed by atoms with van der Waals surface area (Å²) in [5.74, 6) is -0.595. The van der Waals surface area contributed by atoms with Gasteiger partial charge >= 0.3 is 5.97 Å². The molecule has 0 spiro atoms. The molecule has 6 nitrogen and oxygen atoms in total. The molecule has 0 amide bonds. The fraction of sp³-hybridized carbons (Fsp3) is 0.263. The molecule has 25 heavy (non-hydrogen) atoms. The van der Waals surface area contributed by atoms with E-state index in [0.717, 1.165) is 11.0 Å². The predicted molar refractivity (Wildman–Crippen MR) is 94.1 cm³/mol. The van der Waals surface area contributed by atoms with Crippen LogP contribution in [0.4, 0.5) is 0 Å². The van der Waals surface area contributed by atoms with Crippen LogP contribution in [-0.2, 0) is 6.54 Å². The number of hydrogen-bond donors (Lipinski definition) is 2. The topological polar surface area (TPSA) is 84.6 Å². The van der Waals surface area contributed by atoms with Crippen molar-refractivity contribution in [2.45, 2.75) is 26.5 Å². The summed E-state index contributed by atoms with van der Waals surface area (Å²) in [6, 6.07) is 10.3. The average Bonchev–Trinajstić information content (AvgIpc) is 2.95. The van der Waals surface area contributed by atoms with Crippen molar-refractivity contribution in [3.8, 4) is 5.75 Å². The number of nitrogens with zero attached hydrogens (tertiary/aromatic N) is 2. The lowest BCUT2D eigenvalue weighted by Gasteiger charge is -2.14. The largest absolute Gasteiger partial charge is 0.491 e. The lowest BCUT2D eigenvalue weighted by atomic mass is 10.1. The van der Waals surface area contributed by atoms with Gasteiger partial charge in [-0.15, -0.1) is 0 Å². The Hall–Kier alpha value is -2.86. The molecule has 0 fully saturated rings. The minimum Gasteiger partial charge on any atom is -0.491 e. The van der Waals surface area contributed by atoms with Crippen LogP contribution >= 0.6 is 0 Å². The van der Waals surface area contributed by atoms with Gasteiger partial charge in [0.2, 0.25) is 0 Å². The molecule has 2 aromatic carbocycles. The van der Waals surface area contributed by atoms with E-state index >= 15 is 0 Å². The van der Waals surface area contributed by atoms with E-state index in [1.807, 2.05) is 24.5 Å². The molecule has 1 heterocycles. The van der Waals surface area contributed by atoms with Crippen LogP contribution in [0.15, 0.2) is 42.7 Å². The summed E-state index contributed by atoms with van der Waals surface area (Å²) in [6.45, 7) is 4.49. The quantitative estimate of drug-likeness (QED) is 0.721. The molecule has 0 radical (unpaired) electrons. The van der Waals surface area contributed by atoms with Crippen LogP contribution < -0.4 is 4.74 Å². The maximum absolute atomic E-state index is 11.0. The molecule has 1 aromatic heterocycles. The first-order valence-electron chi connectivity index (χ1n) is 8.00. The van der Waals surface area contributed by atoms with Crippen LogP contribution in [0.2, 0.25) is 0 Å². The van der Waals surface area contributed by atoms with E-state index in [4.69, 9.17) is 9.84 Å². The third-order valence-corrected chi connectivity index (χ3v) is 4.17. The lowest BCUT2D eigenvalue weighted by Crippen LogP contribution is -2.23. The number of hydrogen-bond acceptors (Lipinski definition) is 4. The molecule has 1 atom stereocenters. The maximum atomic E-state index is 11.0. The lowest BCUT2D eigenvalue weighted by molar-refractivity contribution is 0.0695. The van der Waals surface area contributed by atoms with Crippen molar-refractivity contribution >= 4 is 17.0 Å². The Bertz CT molecular complexity index is 917. The smallest absolute Gasteiger partial charge is 0.335 e. The number of carboxylic acids is 1. The second-order valence-electron chi connectivity index (χ2n) is 6.12. The van der Waals surface area contributed by atoms with Crippen molar-refractivity contribution in [2.24, 2.45) is 0 Å². The number of aromatic carboxylic acids is 1. The van der Waals surface area contributed by atoms with E-state index in [9.17, 15) is 9.90 Å². The van der Waals surface area contributed by atoms with Crippen LogP contribution in [0.5, 0.6) is 5.75 Å². The van der Waals surface area contributed by atoms with Gasteiger partial charge in [-0.25, -0.2) is 9.78 Å². The Morgan fingerprint density at radius 1 is 1.24 bits per heavy atom. The van der Waals surface area contributed by atoms with Crippen LogP contribution in [0.3, 0.4) is 0 Å². The Kier molecular flexibility index (Phi) is 4.72. The summed E-state index contributed by atoms with van der Waals surface area (Å²) >= 11 is 0. The minimum atomic E-state index is -1.01. The van der Waals surface area contributed by atoms with Gasteiger partial charge in [-0.2, -0.15) is 0 Å². The highest BCUT2D eigenvalue weighted by atomic mass is 16.5. The zero-order valence-corrected chi connectivity index (χ0v) is 14.1. The standard InChI is InChI=1S/C19H20N2O4/c1-12-6-17-18(7-13(12)2)21(11-20-17)9-15(22)10-25-16-5-3-4-14(8-16)19(23)24/h3-8,11,15,22H,9-10H2,1-2H3,(H,23,24)/t15-/m0/s1. The molecule has 0 saturated heterocycles. The van der Waals surface area contributed by atoms with Gasteiger partial charge in [0.25, 0.3) is 0 Å². The molecule has 0 bridgehead atoms. The average molecular weight is 340 g/mol. The Balaban J connectivity index is 1.67. The van der Waals surface area contributed by atoms with Gasteiger partial charge in [-0.05, 0) is 55.3 Å².